The molecule has 7 heteroatoms. The molecular formula is C16H28N2O5. The van der Waals surface area contributed by atoms with Gasteiger partial charge in [0.05, 0.1) is 13.0 Å². The summed E-state index contributed by atoms with van der Waals surface area (Å²) in [7, 11) is 0. The summed E-state index contributed by atoms with van der Waals surface area (Å²) in [4.78, 5) is 35.5. The van der Waals surface area contributed by atoms with E-state index in [1.807, 2.05) is 13.8 Å². The van der Waals surface area contributed by atoms with Gasteiger partial charge in [-0.05, 0) is 24.2 Å². The first-order valence-electron chi connectivity index (χ1n) is 8.14. The molecule has 0 heterocycles. The van der Waals surface area contributed by atoms with Gasteiger partial charge in [-0.2, -0.15) is 0 Å². The normalized spacial score (nSPS) is 15.4. The molecule has 1 fully saturated rings. The number of rotatable bonds is 10. The van der Waals surface area contributed by atoms with Gasteiger partial charge in [0.2, 0.25) is 12.3 Å². The van der Waals surface area contributed by atoms with Crippen molar-refractivity contribution in [3.63, 3.8) is 0 Å². The number of carboxylic acid groups (broad SMARTS) is 1. The Hall–Kier alpha value is -1.63. The Bertz CT molecular complexity index is 419. The smallest absolute Gasteiger partial charge is 0.303 e. The predicted molar refractivity (Wildman–Crippen MR) is 83.7 cm³/mol. The molecule has 7 nitrogen and oxygen atoms in total. The predicted octanol–water partition coefficient (Wildman–Crippen LogP) is 1.74. The van der Waals surface area contributed by atoms with Crippen LogP contribution in [0.5, 0.6) is 0 Å². The van der Waals surface area contributed by atoms with Gasteiger partial charge >= 0.3 is 5.97 Å². The number of amides is 2. The SMILES string of the molecule is CC(C)(CC(=O)O)CN(CC1CCCC1)C(=O)CCN(O)C=O. The molecule has 0 radical (unpaired) electrons. The van der Waals surface area contributed by atoms with Crippen molar-refractivity contribution in [2.75, 3.05) is 19.6 Å². The van der Waals surface area contributed by atoms with Gasteiger partial charge in [0.1, 0.15) is 0 Å². The van der Waals surface area contributed by atoms with E-state index >= 15 is 0 Å². The first-order valence-corrected chi connectivity index (χ1v) is 8.14. The number of hydrogen-bond acceptors (Lipinski definition) is 4. The Labute approximate surface area is 137 Å². The maximum Gasteiger partial charge on any atom is 0.303 e. The Balaban J connectivity index is 2.68. The summed E-state index contributed by atoms with van der Waals surface area (Å²) >= 11 is 0. The molecule has 0 spiro atoms. The summed E-state index contributed by atoms with van der Waals surface area (Å²) in [5.74, 6) is -0.585. The largest absolute Gasteiger partial charge is 0.481 e. The molecule has 2 N–H and O–H groups in total. The minimum absolute atomic E-state index is 0.0120. The second kappa shape index (κ2) is 8.86. The minimum Gasteiger partial charge on any atom is -0.481 e. The molecule has 0 saturated heterocycles. The molecule has 0 aromatic rings. The molecule has 23 heavy (non-hydrogen) atoms. The lowest BCUT2D eigenvalue weighted by Crippen LogP contribution is -2.43. The Morgan fingerprint density at radius 1 is 1.26 bits per heavy atom. The monoisotopic (exact) mass is 328 g/mol. The van der Waals surface area contributed by atoms with Crippen LogP contribution in [0.1, 0.15) is 52.4 Å². The highest BCUT2D eigenvalue weighted by molar-refractivity contribution is 5.77. The first-order chi connectivity index (χ1) is 10.7. The standard InChI is InChI=1S/C16H28N2O5/c1-16(2,9-15(21)22)11-17(10-13-5-3-4-6-13)14(20)7-8-18(23)12-19/h12-13,23H,3-11H2,1-2H3,(H,21,22). The third kappa shape index (κ3) is 7.45. The van der Waals surface area contributed by atoms with Crippen molar-refractivity contribution in [2.45, 2.75) is 52.4 Å². The van der Waals surface area contributed by atoms with Crippen LogP contribution in [0.2, 0.25) is 0 Å². The minimum atomic E-state index is -0.884. The third-order valence-electron chi connectivity index (χ3n) is 4.23. The molecule has 1 aliphatic rings. The molecule has 0 aromatic heterocycles. The van der Waals surface area contributed by atoms with Crippen LogP contribution in [0.25, 0.3) is 0 Å². The fraction of sp³-hybridized carbons (Fsp3) is 0.812. The van der Waals surface area contributed by atoms with Gasteiger partial charge in [0, 0.05) is 19.5 Å². The maximum absolute atomic E-state index is 12.4. The van der Waals surface area contributed by atoms with E-state index in [2.05, 4.69) is 0 Å². The van der Waals surface area contributed by atoms with Crippen LogP contribution < -0.4 is 0 Å². The zero-order valence-corrected chi connectivity index (χ0v) is 14.0. The second-order valence-electron chi connectivity index (χ2n) is 7.18. The first kappa shape index (κ1) is 19.4. The maximum atomic E-state index is 12.4. The molecule has 0 atom stereocenters. The summed E-state index contributed by atoms with van der Waals surface area (Å²) in [5.41, 5.74) is -0.524. The zero-order chi connectivity index (χ0) is 17.5. The summed E-state index contributed by atoms with van der Waals surface area (Å²) < 4.78 is 0. The van der Waals surface area contributed by atoms with Crippen LogP contribution in [0, 0.1) is 11.3 Å². The van der Waals surface area contributed by atoms with Crippen molar-refractivity contribution in [3.05, 3.63) is 0 Å². The van der Waals surface area contributed by atoms with Gasteiger partial charge < -0.3 is 10.0 Å². The fourth-order valence-electron chi connectivity index (χ4n) is 3.16. The van der Waals surface area contributed by atoms with Crippen molar-refractivity contribution in [1.29, 1.82) is 0 Å². The number of carboxylic acids is 1. The number of carbonyl (C=O) groups excluding carboxylic acids is 2. The zero-order valence-electron chi connectivity index (χ0n) is 14.0. The number of carbonyl (C=O) groups is 3. The average molecular weight is 328 g/mol. The van der Waals surface area contributed by atoms with E-state index in [9.17, 15) is 14.4 Å². The quantitative estimate of drug-likeness (QED) is 0.362. The highest BCUT2D eigenvalue weighted by Gasteiger charge is 2.29. The van der Waals surface area contributed by atoms with Crippen molar-refractivity contribution in [2.24, 2.45) is 11.3 Å². The van der Waals surface area contributed by atoms with Crippen LogP contribution in [0.3, 0.4) is 0 Å². The molecule has 132 valence electrons. The van der Waals surface area contributed by atoms with Crippen LogP contribution in [-0.2, 0) is 14.4 Å². The lowest BCUT2D eigenvalue weighted by atomic mass is 9.88. The Morgan fingerprint density at radius 2 is 1.87 bits per heavy atom. The van der Waals surface area contributed by atoms with Crippen LogP contribution in [0.4, 0.5) is 0 Å². The van der Waals surface area contributed by atoms with Crippen molar-refractivity contribution >= 4 is 18.3 Å². The molecule has 1 saturated carbocycles. The van der Waals surface area contributed by atoms with E-state index in [0.29, 0.717) is 24.1 Å². The second-order valence-corrected chi connectivity index (χ2v) is 7.18. The van der Waals surface area contributed by atoms with Crippen LogP contribution in [0.15, 0.2) is 0 Å². The molecular weight excluding hydrogens is 300 g/mol. The van der Waals surface area contributed by atoms with Gasteiger partial charge in [0.25, 0.3) is 0 Å². The number of hydrogen-bond donors (Lipinski definition) is 2. The Kier molecular flexibility index (Phi) is 7.48. The van der Waals surface area contributed by atoms with E-state index in [1.54, 1.807) is 4.90 Å². The molecule has 0 aromatic carbocycles. The van der Waals surface area contributed by atoms with Gasteiger partial charge in [-0.25, -0.2) is 5.06 Å². The summed E-state index contributed by atoms with van der Waals surface area (Å²) in [5, 5.41) is 18.6. The summed E-state index contributed by atoms with van der Waals surface area (Å²) in [6.07, 6.45) is 4.80. The van der Waals surface area contributed by atoms with E-state index in [1.165, 1.54) is 12.8 Å². The number of nitrogens with zero attached hydrogens (tertiary/aromatic N) is 2. The van der Waals surface area contributed by atoms with Crippen molar-refractivity contribution < 1.29 is 24.7 Å². The van der Waals surface area contributed by atoms with Crippen molar-refractivity contribution in [3.8, 4) is 0 Å². The van der Waals surface area contributed by atoms with Crippen molar-refractivity contribution in [1.82, 2.24) is 9.96 Å². The van der Waals surface area contributed by atoms with Gasteiger partial charge in [0.15, 0.2) is 0 Å². The van der Waals surface area contributed by atoms with Gasteiger partial charge in [-0.1, -0.05) is 26.7 Å². The van der Waals surface area contributed by atoms with Crippen LogP contribution in [-0.4, -0.2) is 58.2 Å². The third-order valence-corrected chi connectivity index (χ3v) is 4.23. The van der Waals surface area contributed by atoms with Gasteiger partial charge in [-0.15, -0.1) is 0 Å². The molecule has 2 amide bonds. The summed E-state index contributed by atoms with van der Waals surface area (Å²) in [6, 6.07) is 0. The average Bonchev–Trinajstić information content (AvgIpc) is 2.94. The highest BCUT2D eigenvalue weighted by atomic mass is 16.5. The molecule has 0 unspecified atom stereocenters. The number of aliphatic carboxylic acids is 1. The van der Waals surface area contributed by atoms with E-state index in [4.69, 9.17) is 10.3 Å². The lowest BCUT2D eigenvalue weighted by molar-refractivity contribution is -0.153. The molecule has 1 aliphatic carbocycles. The van der Waals surface area contributed by atoms with E-state index in [0.717, 1.165) is 12.8 Å². The molecule has 0 bridgehead atoms. The van der Waals surface area contributed by atoms with Gasteiger partial charge in [-0.3, -0.25) is 19.6 Å². The number of hydroxylamine groups is 2. The van der Waals surface area contributed by atoms with E-state index < -0.39 is 11.4 Å². The molecule has 0 aliphatic heterocycles. The summed E-state index contributed by atoms with van der Waals surface area (Å²) in [6.45, 7) is 4.60. The molecule has 1 rings (SSSR count). The lowest BCUT2D eigenvalue weighted by Gasteiger charge is -2.33. The highest BCUT2D eigenvalue weighted by Crippen LogP contribution is 2.28. The van der Waals surface area contributed by atoms with Crippen LogP contribution >= 0.6 is 0 Å². The fourth-order valence-corrected chi connectivity index (χ4v) is 3.16. The topological polar surface area (TPSA) is 98.2 Å². The Morgan fingerprint density at radius 3 is 2.39 bits per heavy atom. The van der Waals surface area contributed by atoms with E-state index in [-0.39, 0.29) is 31.7 Å².